The molecule has 0 N–H and O–H groups in total. The molecule has 33 heavy (non-hydrogen) atoms. The second-order valence-corrected chi connectivity index (χ2v) is 9.02. The Morgan fingerprint density at radius 2 is 1.91 bits per heavy atom. The topological polar surface area (TPSA) is 61.4 Å². The fraction of sp³-hybridized carbons (Fsp3) is 0.346. The molecule has 3 aromatic heterocycles. The zero-order chi connectivity index (χ0) is 23.3. The average molecular weight is 447 g/mol. The Morgan fingerprint density at radius 3 is 2.64 bits per heavy atom. The van der Waals surface area contributed by atoms with Gasteiger partial charge < -0.3 is 4.74 Å². The molecule has 1 aromatic carbocycles. The molecule has 4 aromatic rings. The van der Waals surface area contributed by atoms with Gasteiger partial charge in [0.15, 0.2) is 0 Å². The highest BCUT2D eigenvalue weighted by atomic mass is 19.1. The number of halogens is 1. The standard InChI is InChI=1S/C26H27FN4O2/c1-15-5-6-21(23(27)9-15)22-10-19(14-31-25(22)29-17(3)16(2)26(31)32)18-7-8-33-24(11-18)20-12-28-30(4)13-20/h5-6,9-10,12-14,18,24H,7-8,11H2,1-4H3/t18-,24+/m1/s1. The van der Waals surface area contributed by atoms with Gasteiger partial charge in [-0.1, -0.05) is 12.1 Å². The van der Waals surface area contributed by atoms with Gasteiger partial charge in [-0.25, -0.2) is 9.37 Å². The van der Waals surface area contributed by atoms with Crippen LogP contribution in [-0.4, -0.2) is 25.8 Å². The Kier molecular flexibility index (Phi) is 5.37. The minimum Gasteiger partial charge on any atom is -0.373 e. The van der Waals surface area contributed by atoms with E-state index < -0.39 is 0 Å². The maximum Gasteiger partial charge on any atom is 0.261 e. The number of nitrogens with zero attached hydrogens (tertiary/aromatic N) is 4. The van der Waals surface area contributed by atoms with E-state index in [1.165, 1.54) is 6.07 Å². The monoisotopic (exact) mass is 446 g/mol. The maximum absolute atomic E-state index is 15.1. The number of hydrogen-bond acceptors (Lipinski definition) is 4. The molecule has 7 heteroatoms. The van der Waals surface area contributed by atoms with Gasteiger partial charge in [-0.2, -0.15) is 5.10 Å². The molecular weight excluding hydrogens is 419 g/mol. The molecule has 2 atom stereocenters. The third kappa shape index (κ3) is 3.86. The lowest BCUT2D eigenvalue weighted by molar-refractivity contribution is 0.00518. The molecule has 0 spiro atoms. The molecule has 0 unspecified atom stereocenters. The van der Waals surface area contributed by atoms with Gasteiger partial charge in [0, 0.05) is 54.0 Å². The predicted octanol–water partition coefficient (Wildman–Crippen LogP) is 4.79. The third-order valence-corrected chi connectivity index (χ3v) is 6.68. The number of pyridine rings is 1. The van der Waals surface area contributed by atoms with Gasteiger partial charge in [-0.05, 0) is 62.8 Å². The fourth-order valence-corrected chi connectivity index (χ4v) is 4.65. The van der Waals surface area contributed by atoms with Crippen molar-refractivity contribution >= 4 is 5.65 Å². The number of aryl methyl sites for hydroxylation is 3. The van der Waals surface area contributed by atoms with Crippen LogP contribution in [0.5, 0.6) is 0 Å². The first-order valence-electron chi connectivity index (χ1n) is 11.2. The summed E-state index contributed by atoms with van der Waals surface area (Å²) in [5.41, 5.74) is 5.57. The Morgan fingerprint density at radius 1 is 1.09 bits per heavy atom. The van der Waals surface area contributed by atoms with Crippen molar-refractivity contribution < 1.29 is 9.13 Å². The summed E-state index contributed by atoms with van der Waals surface area (Å²) < 4.78 is 24.4. The van der Waals surface area contributed by atoms with Gasteiger partial charge >= 0.3 is 0 Å². The van der Waals surface area contributed by atoms with E-state index in [1.54, 1.807) is 22.1 Å². The third-order valence-electron chi connectivity index (χ3n) is 6.68. The molecule has 1 saturated heterocycles. The molecular formula is C26H27FN4O2. The summed E-state index contributed by atoms with van der Waals surface area (Å²) in [5.74, 6) is -0.157. The van der Waals surface area contributed by atoms with Gasteiger partial charge in [0.2, 0.25) is 0 Å². The number of rotatable bonds is 3. The average Bonchev–Trinajstić information content (AvgIpc) is 3.24. The Bertz CT molecular complexity index is 1420. The van der Waals surface area contributed by atoms with E-state index in [0.717, 1.165) is 29.5 Å². The maximum atomic E-state index is 15.1. The first-order chi connectivity index (χ1) is 15.8. The van der Waals surface area contributed by atoms with Crippen LogP contribution in [0.15, 0.2) is 47.7 Å². The largest absolute Gasteiger partial charge is 0.373 e. The second kappa shape index (κ2) is 8.23. The van der Waals surface area contributed by atoms with Crippen molar-refractivity contribution in [3.63, 3.8) is 0 Å². The zero-order valence-corrected chi connectivity index (χ0v) is 19.3. The molecule has 6 nitrogen and oxygen atoms in total. The first-order valence-corrected chi connectivity index (χ1v) is 11.2. The van der Waals surface area contributed by atoms with Crippen LogP contribution in [0.4, 0.5) is 4.39 Å². The molecule has 0 radical (unpaired) electrons. The normalized spacial score (nSPS) is 18.7. The lowest BCUT2D eigenvalue weighted by Crippen LogP contribution is -2.23. The summed E-state index contributed by atoms with van der Waals surface area (Å²) >= 11 is 0. The van der Waals surface area contributed by atoms with Crippen LogP contribution in [0.25, 0.3) is 16.8 Å². The van der Waals surface area contributed by atoms with Gasteiger partial charge in [-0.3, -0.25) is 13.9 Å². The van der Waals surface area contributed by atoms with Crippen LogP contribution in [0.1, 0.15) is 52.8 Å². The minimum atomic E-state index is -0.318. The van der Waals surface area contributed by atoms with Crippen LogP contribution < -0.4 is 5.56 Å². The molecule has 0 aliphatic carbocycles. The number of ether oxygens (including phenoxy) is 1. The molecule has 1 aliphatic rings. The van der Waals surface area contributed by atoms with Crippen LogP contribution in [0.3, 0.4) is 0 Å². The smallest absolute Gasteiger partial charge is 0.261 e. The first kappa shape index (κ1) is 21.5. The van der Waals surface area contributed by atoms with Crippen molar-refractivity contribution in [1.29, 1.82) is 0 Å². The fourth-order valence-electron chi connectivity index (χ4n) is 4.65. The minimum absolute atomic E-state index is 0.0673. The van der Waals surface area contributed by atoms with E-state index in [0.29, 0.717) is 34.6 Å². The molecule has 0 bridgehead atoms. The lowest BCUT2D eigenvalue weighted by Gasteiger charge is -2.30. The number of hydrogen-bond donors (Lipinski definition) is 0. The zero-order valence-electron chi connectivity index (χ0n) is 19.3. The van der Waals surface area contributed by atoms with Crippen molar-refractivity contribution in [2.24, 2.45) is 7.05 Å². The van der Waals surface area contributed by atoms with E-state index in [1.807, 2.05) is 51.6 Å². The molecule has 1 fully saturated rings. The van der Waals surface area contributed by atoms with E-state index in [9.17, 15) is 4.79 Å². The molecule has 4 heterocycles. The Hall–Kier alpha value is -3.32. The highest BCUT2D eigenvalue weighted by Gasteiger charge is 2.27. The Labute approximate surface area is 191 Å². The summed E-state index contributed by atoms with van der Waals surface area (Å²) in [5, 5.41) is 4.27. The van der Waals surface area contributed by atoms with Crippen molar-refractivity contribution in [3.05, 3.63) is 87.0 Å². The Balaban J connectivity index is 1.67. The molecule has 1 aliphatic heterocycles. The molecule has 0 saturated carbocycles. The SMILES string of the molecule is Cc1ccc(-c2cc([C@@H]3CCO[C@H](c4cnn(C)c4)C3)cn3c(=O)c(C)c(C)nc23)c(F)c1. The number of fused-ring (bicyclic) bond motifs is 1. The van der Waals surface area contributed by atoms with Crippen molar-refractivity contribution in [1.82, 2.24) is 19.2 Å². The van der Waals surface area contributed by atoms with Gasteiger partial charge in [0.1, 0.15) is 11.5 Å². The van der Waals surface area contributed by atoms with Crippen LogP contribution >= 0.6 is 0 Å². The van der Waals surface area contributed by atoms with Crippen molar-refractivity contribution in [2.45, 2.75) is 45.6 Å². The highest BCUT2D eigenvalue weighted by Crippen LogP contribution is 2.39. The number of aromatic nitrogens is 4. The van der Waals surface area contributed by atoms with E-state index in [-0.39, 0.29) is 23.4 Å². The predicted molar refractivity (Wildman–Crippen MR) is 125 cm³/mol. The second-order valence-electron chi connectivity index (χ2n) is 9.02. The number of benzene rings is 1. The van der Waals surface area contributed by atoms with Crippen molar-refractivity contribution in [3.8, 4) is 11.1 Å². The van der Waals surface area contributed by atoms with Gasteiger partial charge in [0.05, 0.1) is 12.3 Å². The van der Waals surface area contributed by atoms with Crippen LogP contribution in [0.2, 0.25) is 0 Å². The highest BCUT2D eigenvalue weighted by molar-refractivity contribution is 5.79. The lowest BCUT2D eigenvalue weighted by atomic mass is 9.86. The van der Waals surface area contributed by atoms with Gasteiger partial charge in [0.25, 0.3) is 5.56 Å². The summed E-state index contributed by atoms with van der Waals surface area (Å²) in [7, 11) is 1.89. The summed E-state index contributed by atoms with van der Waals surface area (Å²) in [6.07, 6.45) is 7.21. The van der Waals surface area contributed by atoms with Crippen molar-refractivity contribution in [2.75, 3.05) is 6.61 Å². The van der Waals surface area contributed by atoms with Crippen LogP contribution in [0, 0.1) is 26.6 Å². The van der Waals surface area contributed by atoms with Crippen LogP contribution in [-0.2, 0) is 11.8 Å². The van der Waals surface area contributed by atoms with E-state index in [2.05, 4.69) is 10.1 Å². The molecule has 5 rings (SSSR count). The summed E-state index contributed by atoms with van der Waals surface area (Å²) in [6.45, 7) is 6.06. The molecule has 0 amide bonds. The summed E-state index contributed by atoms with van der Waals surface area (Å²) in [4.78, 5) is 17.9. The molecule has 170 valence electrons. The summed E-state index contributed by atoms with van der Waals surface area (Å²) in [6, 6.07) is 7.17. The van der Waals surface area contributed by atoms with E-state index in [4.69, 9.17) is 4.74 Å². The van der Waals surface area contributed by atoms with Gasteiger partial charge in [-0.15, -0.1) is 0 Å². The quantitative estimate of drug-likeness (QED) is 0.454. The van der Waals surface area contributed by atoms with E-state index >= 15 is 4.39 Å².